The molecule has 3 heteroatoms. The average molecular weight is 227 g/mol. The van der Waals surface area contributed by atoms with E-state index < -0.39 is 0 Å². The van der Waals surface area contributed by atoms with Gasteiger partial charge in [-0.25, -0.2) is 0 Å². The molecule has 0 saturated carbocycles. The molecule has 0 aromatic carbocycles. The fourth-order valence-electron chi connectivity index (χ4n) is 2.89. The first kappa shape index (κ1) is 12.3. The minimum atomic E-state index is -0.204. The lowest BCUT2D eigenvalue weighted by molar-refractivity contribution is -0.185. The van der Waals surface area contributed by atoms with Crippen LogP contribution >= 0.6 is 0 Å². The maximum atomic E-state index is 5.73. The van der Waals surface area contributed by atoms with E-state index in [9.17, 15) is 0 Å². The summed E-state index contributed by atoms with van der Waals surface area (Å²) in [6, 6.07) is 0. The Morgan fingerprint density at radius 2 is 1.81 bits per heavy atom. The highest BCUT2D eigenvalue weighted by Crippen LogP contribution is 2.31. The molecule has 2 aliphatic rings. The molecular formula is C13H25NO2. The van der Waals surface area contributed by atoms with Crippen LogP contribution < -0.4 is 0 Å². The summed E-state index contributed by atoms with van der Waals surface area (Å²) < 4.78 is 11.5. The Morgan fingerprint density at radius 3 is 2.38 bits per heavy atom. The number of ether oxygens (including phenoxy) is 2. The van der Waals surface area contributed by atoms with Gasteiger partial charge in [0.2, 0.25) is 0 Å². The second-order valence-corrected chi connectivity index (χ2v) is 5.30. The Labute approximate surface area is 99.1 Å². The van der Waals surface area contributed by atoms with Crippen molar-refractivity contribution in [3.05, 3.63) is 0 Å². The summed E-state index contributed by atoms with van der Waals surface area (Å²) in [5.41, 5.74) is 0. The Kier molecular flexibility index (Phi) is 4.22. The lowest BCUT2D eigenvalue weighted by Crippen LogP contribution is -2.46. The van der Waals surface area contributed by atoms with Crippen LogP contribution in [0, 0.1) is 5.92 Å². The monoisotopic (exact) mass is 227 g/mol. The second kappa shape index (κ2) is 5.48. The smallest absolute Gasteiger partial charge is 0.170 e. The van der Waals surface area contributed by atoms with Crippen LogP contribution in [0.25, 0.3) is 0 Å². The SMILES string of the molecule is CCCC(C)CN1CCC2(CC1)OCCO2. The van der Waals surface area contributed by atoms with Crippen LogP contribution in [-0.2, 0) is 9.47 Å². The van der Waals surface area contributed by atoms with Crippen LogP contribution in [0.3, 0.4) is 0 Å². The number of rotatable bonds is 4. The first-order valence-corrected chi connectivity index (χ1v) is 6.74. The van der Waals surface area contributed by atoms with Crippen molar-refractivity contribution in [1.82, 2.24) is 4.90 Å². The van der Waals surface area contributed by atoms with E-state index in [4.69, 9.17) is 9.47 Å². The van der Waals surface area contributed by atoms with Crippen molar-refractivity contribution in [2.45, 2.75) is 45.3 Å². The van der Waals surface area contributed by atoms with Gasteiger partial charge in [0.25, 0.3) is 0 Å². The molecule has 0 aromatic heterocycles. The van der Waals surface area contributed by atoms with Gasteiger partial charge in [0.15, 0.2) is 5.79 Å². The van der Waals surface area contributed by atoms with E-state index in [-0.39, 0.29) is 5.79 Å². The van der Waals surface area contributed by atoms with E-state index >= 15 is 0 Å². The predicted octanol–water partition coefficient (Wildman–Crippen LogP) is 2.26. The first-order valence-electron chi connectivity index (χ1n) is 6.74. The van der Waals surface area contributed by atoms with Gasteiger partial charge in [-0.2, -0.15) is 0 Å². The number of nitrogens with zero attached hydrogens (tertiary/aromatic N) is 1. The van der Waals surface area contributed by atoms with Crippen LogP contribution in [-0.4, -0.2) is 43.5 Å². The zero-order chi connectivity index (χ0) is 11.4. The molecule has 1 spiro atoms. The van der Waals surface area contributed by atoms with E-state index in [2.05, 4.69) is 18.7 Å². The normalized spacial score (nSPS) is 27.4. The molecule has 94 valence electrons. The first-order chi connectivity index (χ1) is 7.74. The predicted molar refractivity (Wildman–Crippen MR) is 64.4 cm³/mol. The molecule has 2 fully saturated rings. The zero-order valence-corrected chi connectivity index (χ0v) is 10.7. The Bertz CT molecular complexity index is 204. The quantitative estimate of drug-likeness (QED) is 0.735. The summed E-state index contributed by atoms with van der Waals surface area (Å²) in [5.74, 6) is 0.620. The van der Waals surface area contributed by atoms with Crippen molar-refractivity contribution in [2.75, 3.05) is 32.8 Å². The molecule has 2 rings (SSSR count). The van der Waals surface area contributed by atoms with Crippen LogP contribution in [0.4, 0.5) is 0 Å². The van der Waals surface area contributed by atoms with Crippen LogP contribution in [0.2, 0.25) is 0 Å². The molecule has 0 bridgehead atoms. The van der Waals surface area contributed by atoms with Crippen LogP contribution in [0.5, 0.6) is 0 Å². The number of hydrogen-bond acceptors (Lipinski definition) is 3. The van der Waals surface area contributed by atoms with Gasteiger partial charge in [-0.3, -0.25) is 0 Å². The molecule has 0 N–H and O–H groups in total. The molecule has 0 amide bonds. The maximum Gasteiger partial charge on any atom is 0.170 e. The summed E-state index contributed by atoms with van der Waals surface area (Å²) in [6.07, 6.45) is 4.73. The molecule has 0 aliphatic carbocycles. The van der Waals surface area contributed by atoms with Crippen molar-refractivity contribution in [3.8, 4) is 0 Å². The van der Waals surface area contributed by atoms with Gasteiger partial charge < -0.3 is 14.4 Å². The lowest BCUT2D eigenvalue weighted by Gasteiger charge is -2.38. The summed E-state index contributed by atoms with van der Waals surface area (Å²) >= 11 is 0. The minimum absolute atomic E-state index is 0.204. The molecule has 3 nitrogen and oxygen atoms in total. The van der Waals surface area contributed by atoms with Gasteiger partial charge in [-0.05, 0) is 12.3 Å². The number of likely N-dealkylation sites (tertiary alicyclic amines) is 1. The van der Waals surface area contributed by atoms with Gasteiger partial charge in [-0.1, -0.05) is 20.3 Å². The minimum Gasteiger partial charge on any atom is -0.347 e. The van der Waals surface area contributed by atoms with E-state index in [1.54, 1.807) is 0 Å². The third-order valence-electron chi connectivity index (χ3n) is 3.78. The molecule has 16 heavy (non-hydrogen) atoms. The average Bonchev–Trinajstić information content (AvgIpc) is 2.71. The van der Waals surface area contributed by atoms with E-state index in [0.29, 0.717) is 0 Å². The van der Waals surface area contributed by atoms with Crippen molar-refractivity contribution >= 4 is 0 Å². The summed E-state index contributed by atoms with van der Waals surface area (Å²) in [4.78, 5) is 2.57. The van der Waals surface area contributed by atoms with Gasteiger partial charge in [-0.15, -0.1) is 0 Å². The van der Waals surface area contributed by atoms with Crippen molar-refractivity contribution in [3.63, 3.8) is 0 Å². The molecule has 2 heterocycles. The van der Waals surface area contributed by atoms with Gasteiger partial charge in [0.1, 0.15) is 0 Å². The topological polar surface area (TPSA) is 21.7 Å². The van der Waals surface area contributed by atoms with Gasteiger partial charge in [0.05, 0.1) is 13.2 Å². The highest BCUT2D eigenvalue weighted by atomic mass is 16.7. The van der Waals surface area contributed by atoms with E-state index in [0.717, 1.165) is 45.1 Å². The molecule has 1 atom stereocenters. The summed E-state index contributed by atoms with van der Waals surface area (Å²) in [5, 5.41) is 0. The molecule has 1 unspecified atom stereocenters. The summed E-state index contributed by atoms with van der Waals surface area (Å²) in [6.45, 7) is 9.70. The molecular weight excluding hydrogens is 202 g/mol. The van der Waals surface area contributed by atoms with Gasteiger partial charge >= 0.3 is 0 Å². The highest BCUT2D eigenvalue weighted by Gasteiger charge is 2.39. The maximum absolute atomic E-state index is 5.73. The van der Waals surface area contributed by atoms with Crippen molar-refractivity contribution in [2.24, 2.45) is 5.92 Å². The molecule has 0 radical (unpaired) electrons. The van der Waals surface area contributed by atoms with Crippen molar-refractivity contribution < 1.29 is 9.47 Å². The number of hydrogen-bond donors (Lipinski definition) is 0. The van der Waals surface area contributed by atoms with Gasteiger partial charge in [0, 0.05) is 32.5 Å². The molecule has 0 aromatic rings. The van der Waals surface area contributed by atoms with Crippen molar-refractivity contribution in [1.29, 1.82) is 0 Å². The Morgan fingerprint density at radius 1 is 1.19 bits per heavy atom. The van der Waals surface area contributed by atoms with Crippen LogP contribution in [0.15, 0.2) is 0 Å². The Hall–Kier alpha value is -0.120. The van der Waals surface area contributed by atoms with E-state index in [1.807, 2.05) is 0 Å². The van der Waals surface area contributed by atoms with Crippen LogP contribution in [0.1, 0.15) is 39.5 Å². The lowest BCUT2D eigenvalue weighted by atomic mass is 10.0. The highest BCUT2D eigenvalue weighted by molar-refractivity contribution is 4.83. The van der Waals surface area contributed by atoms with E-state index in [1.165, 1.54) is 19.4 Å². The fraction of sp³-hybridized carbons (Fsp3) is 1.00. The second-order valence-electron chi connectivity index (χ2n) is 5.30. The third kappa shape index (κ3) is 2.96. The number of piperidine rings is 1. The Balaban J connectivity index is 1.72. The largest absolute Gasteiger partial charge is 0.347 e. The molecule has 2 saturated heterocycles. The fourth-order valence-corrected chi connectivity index (χ4v) is 2.89. The summed E-state index contributed by atoms with van der Waals surface area (Å²) in [7, 11) is 0. The standard InChI is InChI=1S/C13H25NO2/c1-3-4-12(2)11-14-7-5-13(6-8-14)15-9-10-16-13/h12H,3-11H2,1-2H3. The third-order valence-corrected chi connectivity index (χ3v) is 3.78. The molecule has 2 aliphatic heterocycles. The zero-order valence-electron chi connectivity index (χ0n) is 10.7.